The molecule has 1 atom stereocenters. The van der Waals surface area contributed by atoms with E-state index < -0.39 is 15.6 Å². The highest BCUT2D eigenvalue weighted by Crippen LogP contribution is 2.29. The van der Waals surface area contributed by atoms with Crippen LogP contribution in [0.25, 0.3) is 0 Å². The van der Waals surface area contributed by atoms with E-state index in [0.717, 1.165) is 24.8 Å². The minimum atomic E-state index is -3.52. The van der Waals surface area contributed by atoms with Gasteiger partial charge in [0, 0.05) is 25.9 Å². The number of nitrogen functional groups attached to an aromatic ring is 1. The second kappa shape index (κ2) is 5.94. The molecule has 0 aromatic heterocycles. The first-order valence-electron chi connectivity index (χ1n) is 7.26. The van der Waals surface area contributed by atoms with Crippen molar-refractivity contribution >= 4 is 15.7 Å². The summed E-state index contributed by atoms with van der Waals surface area (Å²) in [5.41, 5.74) is 7.01. The Labute approximate surface area is 127 Å². The topological polar surface area (TPSA) is 72.6 Å². The van der Waals surface area contributed by atoms with Gasteiger partial charge >= 0.3 is 0 Å². The van der Waals surface area contributed by atoms with E-state index in [0.29, 0.717) is 18.8 Å². The first kappa shape index (κ1) is 16.3. The van der Waals surface area contributed by atoms with E-state index >= 15 is 0 Å². The van der Waals surface area contributed by atoms with Gasteiger partial charge in [0.2, 0.25) is 10.0 Å². The Hall–Kier alpha value is -1.11. The van der Waals surface area contributed by atoms with Gasteiger partial charge in [-0.05, 0) is 43.9 Å². The third-order valence-corrected chi connectivity index (χ3v) is 6.09. The molecule has 0 spiro atoms. The van der Waals surface area contributed by atoms with Crippen LogP contribution in [0.3, 0.4) is 0 Å². The van der Waals surface area contributed by atoms with Crippen molar-refractivity contribution in [3.8, 4) is 0 Å². The Morgan fingerprint density at radius 3 is 2.71 bits per heavy atom. The zero-order valence-corrected chi connectivity index (χ0v) is 13.7. The molecule has 1 heterocycles. The van der Waals surface area contributed by atoms with Gasteiger partial charge in [-0.3, -0.25) is 0 Å². The first-order chi connectivity index (χ1) is 9.82. The number of hydrogen-bond acceptors (Lipinski definition) is 4. The molecule has 1 unspecified atom stereocenters. The van der Waals surface area contributed by atoms with Crippen molar-refractivity contribution in [3.63, 3.8) is 0 Å². The SMILES string of the molecule is CCc1ccc(S(=O)(=O)N2CCCC(C)(OC)C2)cc1N. The largest absolute Gasteiger partial charge is 0.398 e. The number of hydrogen-bond donors (Lipinski definition) is 1. The average Bonchev–Trinajstić information content (AvgIpc) is 2.47. The van der Waals surface area contributed by atoms with Gasteiger partial charge in [0.15, 0.2) is 0 Å². The van der Waals surface area contributed by atoms with Crippen molar-refractivity contribution in [1.82, 2.24) is 4.31 Å². The molecule has 21 heavy (non-hydrogen) atoms. The molecule has 0 amide bonds. The minimum Gasteiger partial charge on any atom is -0.398 e. The summed E-state index contributed by atoms with van der Waals surface area (Å²) in [6.45, 7) is 4.84. The Morgan fingerprint density at radius 2 is 2.14 bits per heavy atom. The highest BCUT2D eigenvalue weighted by atomic mass is 32.2. The molecule has 1 aromatic carbocycles. The Bertz CT molecular complexity index is 615. The Balaban J connectivity index is 2.31. The van der Waals surface area contributed by atoms with E-state index in [9.17, 15) is 8.42 Å². The van der Waals surface area contributed by atoms with Crippen LogP contribution in [0.4, 0.5) is 5.69 Å². The predicted octanol–water partition coefficient (Wildman–Crippen LogP) is 2.02. The average molecular weight is 312 g/mol. The van der Waals surface area contributed by atoms with Gasteiger partial charge < -0.3 is 10.5 Å². The highest BCUT2D eigenvalue weighted by molar-refractivity contribution is 7.89. The van der Waals surface area contributed by atoms with Crippen LogP contribution in [0, 0.1) is 0 Å². The van der Waals surface area contributed by atoms with Gasteiger partial charge in [-0.1, -0.05) is 13.0 Å². The molecule has 1 aromatic rings. The number of ether oxygens (including phenoxy) is 1. The Morgan fingerprint density at radius 1 is 1.43 bits per heavy atom. The van der Waals surface area contributed by atoms with Crippen LogP contribution in [0.2, 0.25) is 0 Å². The highest BCUT2D eigenvalue weighted by Gasteiger charge is 2.37. The second-order valence-corrected chi connectivity index (χ2v) is 7.75. The molecule has 0 aliphatic carbocycles. The summed E-state index contributed by atoms with van der Waals surface area (Å²) in [6.07, 6.45) is 2.45. The number of sulfonamides is 1. The molecule has 5 nitrogen and oxygen atoms in total. The lowest BCUT2D eigenvalue weighted by molar-refractivity contribution is -0.0319. The van der Waals surface area contributed by atoms with Gasteiger partial charge in [-0.15, -0.1) is 0 Å². The third-order valence-electron chi connectivity index (χ3n) is 4.25. The summed E-state index contributed by atoms with van der Waals surface area (Å²) < 4.78 is 32.5. The molecule has 118 valence electrons. The quantitative estimate of drug-likeness (QED) is 0.863. The number of piperidine rings is 1. The maximum absolute atomic E-state index is 12.8. The standard InChI is InChI=1S/C15H24N2O3S/c1-4-12-6-7-13(10-14(12)16)21(18,19)17-9-5-8-15(2,11-17)20-3/h6-7,10H,4-5,8-9,11,16H2,1-3H3. The maximum atomic E-state index is 12.8. The Kier molecular flexibility index (Phi) is 4.60. The lowest BCUT2D eigenvalue weighted by Crippen LogP contribution is -2.49. The fourth-order valence-corrected chi connectivity index (χ4v) is 4.36. The molecule has 2 N–H and O–H groups in total. The van der Waals surface area contributed by atoms with Crippen LogP contribution >= 0.6 is 0 Å². The smallest absolute Gasteiger partial charge is 0.243 e. The van der Waals surface area contributed by atoms with Crippen LogP contribution in [0.15, 0.2) is 23.1 Å². The number of rotatable bonds is 4. The van der Waals surface area contributed by atoms with Gasteiger partial charge in [0.05, 0.1) is 10.5 Å². The molecule has 0 bridgehead atoms. The van der Waals surface area contributed by atoms with Crippen molar-refractivity contribution in [3.05, 3.63) is 23.8 Å². The van der Waals surface area contributed by atoms with Crippen LogP contribution in [-0.2, 0) is 21.2 Å². The summed E-state index contributed by atoms with van der Waals surface area (Å²) in [6, 6.07) is 5.00. The molecule has 2 rings (SSSR count). The third kappa shape index (κ3) is 3.22. The van der Waals surface area contributed by atoms with Crippen LogP contribution in [-0.4, -0.2) is 38.5 Å². The van der Waals surface area contributed by atoms with Gasteiger partial charge in [0.25, 0.3) is 0 Å². The summed E-state index contributed by atoms with van der Waals surface area (Å²) >= 11 is 0. The number of benzene rings is 1. The molecular formula is C15H24N2O3S. The molecule has 6 heteroatoms. The van der Waals surface area contributed by atoms with Crippen LogP contribution < -0.4 is 5.73 Å². The van der Waals surface area contributed by atoms with Crippen molar-refractivity contribution in [2.75, 3.05) is 25.9 Å². The lowest BCUT2D eigenvalue weighted by Gasteiger charge is -2.38. The molecule has 1 saturated heterocycles. The molecule has 1 fully saturated rings. The van der Waals surface area contributed by atoms with E-state index in [1.807, 2.05) is 13.8 Å². The summed E-state index contributed by atoms with van der Waals surface area (Å²) in [5.74, 6) is 0. The first-order valence-corrected chi connectivity index (χ1v) is 8.70. The van der Waals surface area contributed by atoms with Crippen molar-refractivity contribution < 1.29 is 13.2 Å². The predicted molar refractivity (Wildman–Crippen MR) is 83.6 cm³/mol. The van der Waals surface area contributed by atoms with Crippen LogP contribution in [0.5, 0.6) is 0 Å². The summed E-state index contributed by atoms with van der Waals surface area (Å²) in [5, 5.41) is 0. The van der Waals surface area contributed by atoms with Gasteiger partial charge in [-0.2, -0.15) is 4.31 Å². The normalized spacial score (nSPS) is 24.1. The summed E-state index contributed by atoms with van der Waals surface area (Å²) in [4.78, 5) is 0.262. The molecule has 0 saturated carbocycles. The number of aryl methyl sites for hydroxylation is 1. The van der Waals surface area contributed by atoms with E-state index in [1.165, 1.54) is 4.31 Å². The molecule has 1 aliphatic rings. The fourth-order valence-electron chi connectivity index (χ4n) is 2.74. The summed E-state index contributed by atoms with van der Waals surface area (Å²) in [7, 11) is -1.89. The molecule has 1 aliphatic heterocycles. The minimum absolute atomic E-state index is 0.262. The fraction of sp³-hybridized carbons (Fsp3) is 0.600. The lowest BCUT2D eigenvalue weighted by atomic mass is 9.96. The maximum Gasteiger partial charge on any atom is 0.243 e. The van der Waals surface area contributed by atoms with Crippen molar-refractivity contribution in [2.24, 2.45) is 0 Å². The molecular weight excluding hydrogens is 288 g/mol. The number of nitrogens with zero attached hydrogens (tertiary/aromatic N) is 1. The number of nitrogens with two attached hydrogens (primary N) is 1. The van der Waals surface area contributed by atoms with Crippen LogP contribution in [0.1, 0.15) is 32.3 Å². The van der Waals surface area contributed by atoms with Crippen molar-refractivity contribution in [2.45, 2.75) is 43.6 Å². The second-order valence-electron chi connectivity index (χ2n) is 5.81. The van der Waals surface area contributed by atoms with E-state index in [1.54, 1.807) is 25.3 Å². The van der Waals surface area contributed by atoms with Crippen molar-refractivity contribution in [1.29, 1.82) is 0 Å². The monoisotopic (exact) mass is 312 g/mol. The number of anilines is 1. The zero-order valence-electron chi connectivity index (χ0n) is 12.9. The van der Waals surface area contributed by atoms with Gasteiger partial charge in [0.1, 0.15) is 0 Å². The number of methoxy groups -OCH3 is 1. The van der Waals surface area contributed by atoms with E-state index in [2.05, 4.69) is 0 Å². The molecule has 0 radical (unpaired) electrons. The van der Waals surface area contributed by atoms with E-state index in [-0.39, 0.29) is 4.90 Å². The van der Waals surface area contributed by atoms with Gasteiger partial charge in [-0.25, -0.2) is 8.42 Å². The van der Waals surface area contributed by atoms with E-state index in [4.69, 9.17) is 10.5 Å². The zero-order chi connectivity index (χ0) is 15.7.